The second kappa shape index (κ2) is 12.8. The predicted molar refractivity (Wildman–Crippen MR) is 216 cm³/mol. The molecule has 54 heavy (non-hydrogen) atoms. The van der Waals surface area contributed by atoms with Crippen LogP contribution >= 0.6 is 22.7 Å². The summed E-state index contributed by atoms with van der Waals surface area (Å²) < 4.78 is 0. The molecule has 6 aromatic carbocycles. The van der Waals surface area contributed by atoms with Gasteiger partial charge in [-0.05, 0) is 96.5 Å². The van der Waals surface area contributed by atoms with E-state index in [1.807, 2.05) is 80.9 Å². The van der Waals surface area contributed by atoms with Crippen molar-refractivity contribution in [3.8, 4) is 32.0 Å². The Hall–Kier alpha value is -6.10. The second-order valence-corrected chi connectivity index (χ2v) is 15.9. The van der Waals surface area contributed by atoms with Gasteiger partial charge in [-0.15, -0.1) is 22.7 Å². The van der Waals surface area contributed by atoms with Crippen molar-refractivity contribution >= 4 is 89.6 Å². The largest absolute Gasteiger partial charge is 0.478 e. The third-order valence-corrected chi connectivity index (χ3v) is 12.1. The fourth-order valence-corrected chi connectivity index (χ4v) is 9.81. The van der Waals surface area contributed by atoms with E-state index in [4.69, 9.17) is 0 Å². The Morgan fingerprint density at radius 3 is 1.50 bits per heavy atom. The van der Waals surface area contributed by atoms with E-state index in [0.29, 0.717) is 59.4 Å². The van der Waals surface area contributed by atoms with Gasteiger partial charge in [0.25, 0.3) is 0 Å². The minimum absolute atomic E-state index is 0.0374. The highest BCUT2D eigenvalue weighted by Gasteiger charge is 2.34. The first-order chi connectivity index (χ1) is 25.8. The molecule has 0 atom stereocenters. The van der Waals surface area contributed by atoms with Crippen molar-refractivity contribution in [2.75, 3.05) is 0 Å². The zero-order valence-corrected chi connectivity index (χ0v) is 31.1. The molecule has 8 rings (SSSR count). The van der Waals surface area contributed by atoms with E-state index in [2.05, 4.69) is 0 Å². The number of carboxylic acid groups (broad SMARTS) is 4. The van der Waals surface area contributed by atoms with E-state index in [-0.39, 0.29) is 44.9 Å². The maximum atomic E-state index is 14.0. The molecule has 0 saturated heterocycles. The molecular weight excluding hydrogens is 721 g/mol. The van der Waals surface area contributed by atoms with Gasteiger partial charge >= 0.3 is 23.9 Å². The molecule has 0 bridgehead atoms. The van der Waals surface area contributed by atoms with Crippen LogP contribution in [0.5, 0.6) is 0 Å². The van der Waals surface area contributed by atoms with Crippen LogP contribution in [0.1, 0.15) is 92.1 Å². The molecule has 268 valence electrons. The molecule has 0 aliphatic rings. The zero-order chi connectivity index (χ0) is 38.3. The average molecular weight is 753 g/mol. The Bertz CT molecular complexity index is 2860. The Balaban J connectivity index is 1.83. The molecule has 0 amide bonds. The van der Waals surface area contributed by atoms with E-state index in [1.165, 1.54) is 40.9 Å². The number of thiophene rings is 2. The number of carboxylic acids is 4. The van der Waals surface area contributed by atoms with Crippen LogP contribution < -0.4 is 0 Å². The predicted octanol–water partition coefficient (Wildman–Crippen LogP) is 11.9. The van der Waals surface area contributed by atoms with Crippen molar-refractivity contribution in [2.24, 2.45) is 0 Å². The van der Waals surface area contributed by atoms with E-state index in [1.54, 1.807) is 12.1 Å². The van der Waals surface area contributed by atoms with Gasteiger partial charge in [0.05, 0.1) is 22.3 Å². The minimum Gasteiger partial charge on any atom is -0.478 e. The Morgan fingerprint density at radius 1 is 0.481 bits per heavy atom. The number of fused-ring (bicyclic) bond motifs is 2. The lowest BCUT2D eigenvalue weighted by molar-refractivity contribution is 0.0681. The van der Waals surface area contributed by atoms with Gasteiger partial charge in [-0.2, -0.15) is 0 Å². The SMILES string of the molecule is CC(C)c1cccc(C(C)C)c1-c1c(C(=O)O)c2c(C(=O)O)ccc3c4c(-c5cccs5)cc(C(=O)O)c5c(C(=O)O)ccc(c(c1-c1cccs1)c23)c54. The lowest BCUT2D eigenvalue weighted by atomic mass is 9.75. The molecule has 4 N–H and O–H groups in total. The molecule has 0 aliphatic heterocycles. The van der Waals surface area contributed by atoms with E-state index in [9.17, 15) is 39.6 Å². The Labute approximate surface area is 316 Å². The van der Waals surface area contributed by atoms with E-state index >= 15 is 0 Å². The van der Waals surface area contributed by atoms with Crippen LogP contribution in [-0.2, 0) is 0 Å². The van der Waals surface area contributed by atoms with Gasteiger partial charge in [0.1, 0.15) is 0 Å². The fraction of sp³-hybridized carbons (Fsp3) is 0.136. The number of hydrogen-bond acceptors (Lipinski definition) is 6. The number of aromatic carboxylic acids is 4. The van der Waals surface area contributed by atoms with Gasteiger partial charge in [-0.25, -0.2) is 19.2 Å². The van der Waals surface area contributed by atoms with Crippen molar-refractivity contribution in [1.82, 2.24) is 0 Å². The minimum atomic E-state index is -1.30. The first kappa shape index (κ1) is 35.0. The van der Waals surface area contributed by atoms with Crippen molar-refractivity contribution in [2.45, 2.75) is 39.5 Å². The zero-order valence-electron chi connectivity index (χ0n) is 29.5. The van der Waals surface area contributed by atoms with Crippen molar-refractivity contribution in [3.63, 3.8) is 0 Å². The van der Waals surface area contributed by atoms with Crippen LogP contribution in [0.3, 0.4) is 0 Å². The van der Waals surface area contributed by atoms with Gasteiger partial charge in [-0.3, -0.25) is 0 Å². The Morgan fingerprint density at radius 2 is 1.00 bits per heavy atom. The molecule has 8 nitrogen and oxygen atoms in total. The molecule has 0 fully saturated rings. The number of hydrogen-bond donors (Lipinski definition) is 4. The van der Waals surface area contributed by atoms with Gasteiger partial charge in [0.15, 0.2) is 0 Å². The van der Waals surface area contributed by atoms with E-state index in [0.717, 1.165) is 16.0 Å². The molecule has 2 aromatic heterocycles. The summed E-state index contributed by atoms with van der Waals surface area (Å²) in [6, 6.07) is 20.9. The summed E-state index contributed by atoms with van der Waals surface area (Å²) in [5.74, 6) is -5.31. The topological polar surface area (TPSA) is 149 Å². The number of rotatable bonds is 9. The lowest BCUT2D eigenvalue weighted by Crippen LogP contribution is -2.12. The average Bonchev–Trinajstić information content (AvgIpc) is 3.87. The summed E-state index contributed by atoms with van der Waals surface area (Å²) in [7, 11) is 0. The molecule has 10 heteroatoms. The second-order valence-electron chi connectivity index (χ2n) is 14.0. The van der Waals surface area contributed by atoms with E-state index < -0.39 is 23.9 Å². The molecule has 8 aromatic rings. The highest BCUT2D eigenvalue weighted by atomic mass is 32.1. The fourth-order valence-electron chi connectivity index (χ4n) is 8.28. The maximum Gasteiger partial charge on any atom is 0.337 e. The van der Waals surface area contributed by atoms with Crippen molar-refractivity contribution < 1.29 is 39.6 Å². The van der Waals surface area contributed by atoms with Crippen LogP contribution in [-0.4, -0.2) is 44.3 Å². The summed E-state index contributed by atoms with van der Waals surface area (Å²) in [6.45, 7) is 8.13. The van der Waals surface area contributed by atoms with Crippen LogP contribution in [0, 0.1) is 0 Å². The highest BCUT2D eigenvalue weighted by Crippen LogP contribution is 2.55. The normalized spacial score (nSPS) is 11.9. The molecule has 0 unspecified atom stereocenters. The highest BCUT2D eigenvalue weighted by molar-refractivity contribution is 7.14. The molecular formula is C44H32O8S2. The van der Waals surface area contributed by atoms with Gasteiger partial charge < -0.3 is 20.4 Å². The monoisotopic (exact) mass is 752 g/mol. The number of benzene rings is 6. The van der Waals surface area contributed by atoms with Crippen LogP contribution in [0.25, 0.3) is 75.1 Å². The summed E-state index contributed by atoms with van der Waals surface area (Å²) in [6.07, 6.45) is 0. The number of carbonyl (C=O) groups is 4. The first-order valence-corrected chi connectivity index (χ1v) is 19.0. The first-order valence-electron chi connectivity index (χ1n) is 17.3. The quantitative estimate of drug-likeness (QED) is 0.0840. The summed E-state index contributed by atoms with van der Waals surface area (Å²) in [5, 5.41) is 50.0. The standard InChI is InChI=1S/C44H32O8S2/c1-19(2)21-8-5-9-22(20(3)4)31(21)39-38(30-11-7-17-54-30)36-24-13-14-25(41(45)46)33-28(43(49)50)18-27(29-10-6-16-53-29)32(34(24)33)23-12-15-26(42(47)48)37(35(23)36)40(39)44(51)52/h5-20H,1-4H3,(H,45,46)(H,47,48)(H,49,50)(H,51,52). The smallest absolute Gasteiger partial charge is 0.337 e. The summed E-state index contributed by atoms with van der Waals surface area (Å²) in [5.41, 5.74) is 3.19. The summed E-state index contributed by atoms with van der Waals surface area (Å²) >= 11 is 2.78. The van der Waals surface area contributed by atoms with Crippen LogP contribution in [0.4, 0.5) is 0 Å². The third kappa shape index (κ3) is 5.01. The maximum absolute atomic E-state index is 14.0. The third-order valence-electron chi connectivity index (χ3n) is 10.4. The van der Waals surface area contributed by atoms with Crippen molar-refractivity contribution in [1.29, 1.82) is 0 Å². The van der Waals surface area contributed by atoms with Gasteiger partial charge in [0, 0.05) is 42.6 Å². The molecule has 0 spiro atoms. The summed E-state index contributed by atoms with van der Waals surface area (Å²) in [4.78, 5) is 54.7. The van der Waals surface area contributed by atoms with Gasteiger partial charge in [-0.1, -0.05) is 70.2 Å². The Kier molecular flexibility index (Phi) is 8.28. The van der Waals surface area contributed by atoms with Crippen molar-refractivity contribution in [3.05, 3.63) is 117 Å². The van der Waals surface area contributed by atoms with Crippen LogP contribution in [0.2, 0.25) is 0 Å². The van der Waals surface area contributed by atoms with Gasteiger partial charge in [0.2, 0.25) is 0 Å². The molecule has 0 aliphatic carbocycles. The molecule has 0 saturated carbocycles. The molecule has 0 radical (unpaired) electrons. The molecule has 2 heterocycles. The lowest BCUT2D eigenvalue weighted by Gasteiger charge is -2.28. The van der Waals surface area contributed by atoms with Crippen LogP contribution in [0.15, 0.2) is 83.6 Å².